The Bertz CT molecular complexity index is 548. The molecule has 1 aromatic carbocycles. The zero-order valence-electron chi connectivity index (χ0n) is 8.77. The molecular weight excluding hydrogens is 228 g/mol. The van der Waals surface area contributed by atoms with Crippen LogP contribution in [-0.4, -0.2) is 20.9 Å². The zero-order valence-corrected chi connectivity index (χ0v) is 9.53. The van der Waals surface area contributed by atoms with E-state index in [0.717, 1.165) is 16.5 Å². The number of hydrogen-bond acceptors (Lipinski definition) is 2. The van der Waals surface area contributed by atoms with Crippen LogP contribution in [0, 0.1) is 0 Å². The van der Waals surface area contributed by atoms with Crippen LogP contribution in [0.25, 0.3) is 10.9 Å². The van der Waals surface area contributed by atoms with Crippen molar-refractivity contribution in [2.45, 2.75) is 12.8 Å². The number of hydrogen-bond donors (Lipinski definition) is 1. The van der Waals surface area contributed by atoms with Gasteiger partial charge in [0.15, 0.2) is 0 Å². The highest BCUT2D eigenvalue weighted by atomic mass is 35.5. The van der Waals surface area contributed by atoms with Crippen LogP contribution < -0.4 is 0 Å². The molecule has 1 heterocycles. The van der Waals surface area contributed by atoms with Gasteiger partial charge in [0.25, 0.3) is 0 Å². The van der Waals surface area contributed by atoms with Crippen molar-refractivity contribution in [3.8, 4) is 0 Å². The molecule has 0 saturated carbocycles. The van der Waals surface area contributed by atoms with E-state index in [1.807, 2.05) is 13.1 Å². The molecule has 0 aliphatic carbocycles. The van der Waals surface area contributed by atoms with Crippen LogP contribution >= 0.6 is 11.6 Å². The summed E-state index contributed by atoms with van der Waals surface area (Å²) in [5.74, 6) is -0.810. The van der Waals surface area contributed by atoms with Crippen LogP contribution in [0.4, 0.5) is 0 Å². The molecule has 1 N–H and O–H groups in total. The largest absolute Gasteiger partial charge is 0.481 e. The normalized spacial score (nSPS) is 10.9. The summed E-state index contributed by atoms with van der Waals surface area (Å²) in [7, 11) is 1.83. The Morgan fingerprint density at radius 3 is 3.00 bits per heavy atom. The molecule has 2 aromatic rings. The molecule has 84 valence electrons. The van der Waals surface area contributed by atoms with Crippen LogP contribution in [0.1, 0.15) is 12.0 Å². The molecule has 0 bridgehead atoms. The average Bonchev–Trinajstić information content (AvgIpc) is 2.56. The Morgan fingerprint density at radius 1 is 1.56 bits per heavy atom. The lowest BCUT2D eigenvalue weighted by Gasteiger charge is -2.04. The van der Waals surface area contributed by atoms with Crippen LogP contribution in [0.15, 0.2) is 18.3 Å². The molecule has 0 radical (unpaired) electrons. The fourth-order valence-electron chi connectivity index (χ4n) is 1.81. The number of carboxylic acids is 1. The lowest BCUT2D eigenvalue weighted by Crippen LogP contribution is -2.00. The van der Waals surface area contributed by atoms with Gasteiger partial charge in [-0.15, -0.1) is 0 Å². The number of halogens is 1. The van der Waals surface area contributed by atoms with Gasteiger partial charge in [0, 0.05) is 23.9 Å². The van der Waals surface area contributed by atoms with E-state index in [1.165, 1.54) is 0 Å². The smallest absolute Gasteiger partial charge is 0.303 e. The van der Waals surface area contributed by atoms with Crippen LogP contribution in [0.3, 0.4) is 0 Å². The van der Waals surface area contributed by atoms with Gasteiger partial charge in [-0.3, -0.25) is 9.48 Å². The van der Waals surface area contributed by atoms with Gasteiger partial charge < -0.3 is 5.11 Å². The molecule has 0 aliphatic heterocycles. The summed E-state index contributed by atoms with van der Waals surface area (Å²) in [6.45, 7) is 0. The molecule has 0 amide bonds. The number of aromatic nitrogens is 2. The number of aliphatic carboxylic acids is 1. The quantitative estimate of drug-likeness (QED) is 0.892. The van der Waals surface area contributed by atoms with E-state index >= 15 is 0 Å². The number of carbonyl (C=O) groups is 1. The van der Waals surface area contributed by atoms with E-state index in [4.69, 9.17) is 16.7 Å². The second kappa shape index (κ2) is 4.14. The molecule has 0 atom stereocenters. The van der Waals surface area contributed by atoms with Crippen LogP contribution in [0.5, 0.6) is 0 Å². The number of aryl methyl sites for hydroxylation is 2. The number of nitrogens with zero attached hydrogens (tertiary/aromatic N) is 2. The minimum absolute atomic E-state index is 0.0978. The second-order valence-corrected chi connectivity index (χ2v) is 4.10. The van der Waals surface area contributed by atoms with Crippen molar-refractivity contribution in [2.24, 2.45) is 7.05 Å². The van der Waals surface area contributed by atoms with Crippen molar-refractivity contribution < 1.29 is 9.90 Å². The van der Waals surface area contributed by atoms with E-state index < -0.39 is 5.97 Å². The second-order valence-electron chi connectivity index (χ2n) is 3.66. The highest BCUT2D eigenvalue weighted by molar-refractivity contribution is 6.31. The summed E-state index contributed by atoms with van der Waals surface area (Å²) in [6.07, 6.45) is 2.29. The molecule has 0 spiro atoms. The monoisotopic (exact) mass is 238 g/mol. The maximum absolute atomic E-state index is 10.6. The van der Waals surface area contributed by atoms with Gasteiger partial charge in [-0.05, 0) is 24.1 Å². The van der Waals surface area contributed by atoms with Gasteiger partial charge in [-0.2, -0.15) is 5.10 Å². The molecule has 4 nitrogen and oxygen atoms in total. The minimum Gasteiger partial charge on any atom is -0.481 e. The van der Waals surface area contributed by atoms with Crippen molar-refractivity contribution in [3.05, 3.63) is 28.9 Å². The van der Waals surface area contributed by atoms with Gasteiger partial charge in [0.1, 0.15) is 0 Å². The minimum atomic E-state index is -0.810. The first kappa shape index (κ1) is 11.0. The molecule has 0 aliphatic rings. The van der Waals surface area contributed by atoms with Crippen molar-refractivity contribution in [1.82, 2.24) is 9.78 Å². The summed E-state index contributed by atoms with van der Waals surface area (Å²) >= 11 is 5.96. The van der Waals surface area contributed by atoms with Crippen molar-refractivity contribution in [3.63, 3.8) is 0 Å². The first-order chi connectivity index (χ1) is 7.58. The molecule has 0 unspecified atom stereocenters. The summed E-state index contributed by atoms with van der Waals surface area (Å²) in [4.78, 5) is 10.6. The van der Waals surface area contributed by atoms with E-state index in [0.29, 0.717) is 11.4 Å². The molecule has 1 aromatic heterocycles. The Kier molecular flexibility index (Phi) is 2.83. The topological polar surface area (TPSA) is 55.1 Å². The Hall–Kier alpha value is -1.55. The Morgan fingerprint density at radius 2 is 2.31 bits per heavy atom. The molecule has 5 heteroatoms. The molecule has 16 heavy (non-hydrogen) atoms. The number of rotatable bonds is 3. The van der Waals surface area contributed by atoms with Gasteiger partial charge in [-0.25, -0.2) is 0 Å². The fourth-order valence-corrected chi connectivity index (χ4v) is 2.06. The number of fused-ring (bicyclic) bond motifs is 1. The van der Waals surface area contributed by atoms with E-state index in [9.17, 15) is 4.79 Å². The molecule has 2 rings (SSSR count). The van der Waals surface area contributed by atoms with Gasteiger partial charge >= 0.3 is 5.97 Å². The maximum atomic E-state index is 10.6. The van der Waals surface area contributed by atoms with Crippen LogP contribution in [0.2, 0.25) is 5.02 Å². The Labute approximate surface area is 97.4 Å². The van der Waals surface area contributed by atoms with Gasteiger partial charge in [-0.1, -0.05) is 11.6 Å². The van der Waals surface area contributed by atoms with Crippen LogP contribution in [-0.2, 0) is 18.3 Å². The van der Waals surface area contributed by atoms with E-state index in [-0.39, 0.29) is 6.42 Å². The summed E-state index contributed by atoms with van der Waals surface area (Å²) in [5.41, 5.74) is 1.87. The molecule has 0 fully saturated rings. The third-order valence-corrected chi connectivity index (χ3v) is 2.70. The Balaban J connectivity index is 2.48. The average molecular weight is 239 g/mol. The van der Waals surface area contributed by atoms with Crippen molar-refractivity contribution >= 4 is 28.5 Å². The number of benzene rings is 1. The lowest BCUT2D eigenvalue weighted by molar-refractivity contribution is -0.136. The van der Waals surface area contributed by atoms with Gasteiger partial charge in [0.05, 0.1) is 11.7 Å². The summed E-state index contributed by atoms with van der Waals surface area (Å²) in [5, 5.41) is 14.4. The van der Waals surface area contributed by atoms with Crippen molar-refractivity contribution in [2.75, 3.05) is 0 Å². The fraction of sp³-hybridized carbons (Fsp3) is 0.273. The standard InChI is InChI=1S/C11H11ClN2O2/c1-14-11-7(2-3-10(15)16)4-9(12)5-8(11)6-13-14/h4-6H,2-3H2,1H3,(H,15,16). The summed E-state index contributed by atoms with van der Waals surface area (Å²) in [6, 6.07) is 3.63. The first-order valence-electron chi connectivity index (χ1n) is 4.90. The first-order valence-corrected chi connectivity index (χ1v) is 5.27. The lowest BCUT2D eigenvalue weighted by atomic mass is 10.1. The highest BCUT2D eigenvalue weighted by Crippen LogP contribution is 2.24. The maximum Gasteiger partial charge on any atom is 0.303 e. The van der Waals surface area contributed by atoms with E-state index in [2.05, 4.69) is 5.10 Å². The number of carboxylic acid groups (broad SMARTS) is 1. The zero-order chi connectivity index (χ0) is 11.7. The van der Waals surface area contributed by atoms with Crippen molar-refractivity contribution in [1.29, 1.82) is 0 Å². The highest BCUT2D eigenvalue weighted by Gasteiger charge is 2.09. The predicted molar refractivity (Wildman–Crippen MR) is 61.7 cm³/mol. The molecular formula is C11H11ClN2O2. The van der Waals surface area contributed by atoms with E-state index in [1.54, 1.807) is 16.9 Å². The summed E-state index contributed by atoms with van der Waals surface area (Å²) < 4.78 is 1.74. The SMILES string of the molecule is Cn1ncc2cc(Cl)cc(CCC(=O)O)c21. The molecule has 0 saturated heterocycles. The third kappa shape index (κ3) is 2.02. The third-order valence-electron chi connectivity index (χ3n) is 2.48. The predicted octanol–water partition coefficient (Wildman–Crippen LogP) is 2.24. The van der Waals surface area contributed by atoms with Gasteiger partial charge in [0.2, 0.25) is 0 Å².